The highest BCUT2D eigenvalue weighted by atomic mass is 35.5. The Kier molecular flexibility index (Phi) is 6.17. The lowest BCUT2D eigenvalue weighted by molar-refractivity contribution is -0.123. The Morgan fingerprint density at radius 1 is 1.14 bits per heavy atom. The molecule has 0 aliphatic carbocycles. The van der Waals surface area contributed by atoms with Gasteiger partial charge < -0.3 is 9.47 Å². The summed E-state index contributed by atoms with van der Waals surface area (Å²) in [5, 5.41) is -0.0673. The van der Waals surface area contributed by atoms with Crippen molar-refractivity contribution >= 4 is 52.2 Å². The van der Waals surface area contributed by atoms with Gasteiger partial charge in [-0.1, -0.05) is 29.3 Å². The predicted octanol–water partition coefficient (Wildman–Crippen LogP) is 5.39. The van der Waals surface area contributed by atoms with Gasteiger partial charge in [0.15, 0.2) is 11.5 Å². The molecule has 9 heteroatoms. The van der Waals surface area contributed by atoms with Crippen molar-refractivity contribution < 1.29 is 23.5 Å². The van der Waals surface area contributed by atoms with E-state index in [1.54, 1.807) is 12.1 Å². The molecule has 2 aromatic carbocycles. The van der Waals surface area contributed by atoms with Gasteiger partial charge in [-0.25, -0.2) is 4.39 Å². The molecule has 1 aliphatic heterocycles. The predicted molar refractivity (Wildman–Crippen MR) is 107 cm³/mol. The van der Waals surface area contributed by atoms with E-state index in [2.05, 4.69) is 0 Å². The number of hydrogen-bond acceptors (Lipinski definition) is 5. The number of thioether (sulfide) groups is 1. The second-order valence-electron chi connectivity index (χ2n) is 5.71. The molecule has 2 aromatic rings. The molecule has 0 spiro atoms. The van der Waals surface area contributed by atoms with Crippen molar-refractivity contribution in [2.75, 3.05) is 14.2 Å². The van der Waals surface area contributed by atoms with E-state index in [-0.39, 0.29) is 22.0 Å². The highest BCUT2D eigenvalue weighted by molar-refractivity contribution is 8.18. The van der Waals surface area contributed by atoms with E-state index >= 15 is 0 Å². The molecule has 0 bridgehead atoms. The summed E-state index contributed by atoms with van der Waals surface area (Å²) < 4.78 is 24.4. The van der Waals surface area contributed by atoms with Gasteiger partial charge in [0.05, 0.1) is 30.7 Å². The molecule has 0 saturated carbocycles. The van der Waals surface area contributed by atoms with Crippen LogP contribution in [0.3, 0.4) is 0 Å². The molecule has 1 saturated heterocycles. The van der Waals surface area contributed by atoms with Crippen LogP contribution in [0.2, 0.25) is 10.0 Å². The first-order chi connectivity index (χ1) is 13.3. The number of ether oxygens (including phenoxy) is 2. The fourth-order valence-corrected chi connectivity index (χ4v) is 4.01. The number of benzene rings is 2. The minimum atomic E-state index is -0.581. The summed E-state index contributed by atoms with van der Waals surface area (Å²) in [4.78, 5) is 26.1. The van der Waals surface area contributed by atoms with Crippen molar-refractivity contribution in [1.82, 2.24) is 4.90 Å². The van der Waals surface area contributed by atoms with Gasteiger partial charge in [0.1, 0.15) is 5.82 Å². The van der Waals surface area contributed by atoms with Gasteiger partial charge >= 0.3 is 0 Å². The lowest BCUT2D eigenvalue weighted by Crippen LogP contribution is -2.28. The molecule has 1 heterocycles. The monoisotopic (exact) mass is 441 g/mol. The third-order valence-electron chi connectivity index (χ3n) is 4.01. The molecule has 0 unspecified atom stereocenters. The molecule has 146 valence electrons. The molecular weight excluding hydrogens is 428 g/mol. The second-order valence-corrected chi connectivity index (χ2v) is 7.51. The van der Waals surface area contributed by atoms with Gasteiger partial charge in [0.2, 0.25) is 0 Å². The number of halogens is 3. The summed E-state index contributed by atoms with van der Waals surface area (Å²) >= 11 is 12.9. The zero-order valence-electron chi connectivity index (χ0n) is 14.8. The maximum atomic E-state index is 14.0. The van der Waals surface area contributed by atoms with Crippen molar-refractivity contribution in [2.45, 2.75) is 6.54 Å². The average molecular weight is 442 g/mol. The Labute approximate surface area is 175 Å². The van der Waals surface area contributed by atoms with E-state index in [0.29, 0.717) is 22.1 Å². The van der Waals surface area contributed by atoms with Gasteiger partial charge in [0, 0.05) is 10.6 Å². The number of carbonyl (C=O) groups excluding carboxylic acids is 2. The van der Waals surface area contributed by atoms with Crippen LogP contribution in [0.25, 0.3) is 6.08 Å². The molecule has 5 nitrogen and oxygen atoms in total. The van der Waals surface area contributed by atoms with Crippen LogP contribution in [0, 0.1) is 5.82 Å². The first-order valence-corrected chi connectivity index (χ1v) is 9.52. The summed E-state index contributed by atoms with van der Waals surface area (Å²) in [6, 6.07) is 7.40. The van der Waals surface area contributed by atoms with E-state index < -0.39 is 17.0 Å². The topological polar surface area (TPSA) is 55.8 Å². The Hall–Kier alpha value is -2.22. The highest BCUT2D eigenvalue weighted by Gasteiger charge is 2.36. The van der Waals surface area contributed by atoms with Crippen molar-refractivity contribution in [3.05, 3.63) is 62.2 Å². The lowest BCUT2D eigenvalue weighted by Gasteiger charge is -2.14. The van der Waals surface area contributed by atoms with Crippen LogP contribution in [0.1, 0.15) is 11.1 Å². The summed E-state index contributed by atoms with van der Waals surface area (Å²) in [6.07, 6.45) is 1.52. The molecule has 1 fully saturated rings. The summed E-state index contributed by atoms with van der Waals surface area (Å²) in [6.45, 7) is -0.250. The maximum Gasteiger partial charge on any atom is 0.293 e. The van der Waals surface area contributed by atoms with Gasteiger partial charge in [-0.05, 0) is 47.7 Å². The minimum Gasteiger partial charge on any atom is -0.493 e. The van der Waals surface area contributed by atoms with Crippen LogP contribution >= 0.6 is 35.0 Å². The lowest BCUT2D eigenvalue weighted by atomic mass is 10.1. The number of rotatable bonds is 5. The molecule has 0 N–H and O–H groups in total. The molecule has 1 aliphatic rings. The molecular formula is C19H14Cl2FNO4S. The van der Waals surface area contributed by atoms with Crippen molar-refractivity contribution in [3.63, 3.8) is 0 Å². The van der Waals surface area contributed by atoms with Gasteiger partial charge in [-0.2, -0.15) is 0 Å². The van der Waals surface area contributed by atoms with Crippen LogP contribution in [0.5, 0.6) is 11.5 Å². The Bertz CT molecular complexity index is 976. The van der Waals surface area contributed by atoms with Gasteiger partial charge in [-0.15, -0.1) is 0 Å². The molecule has 0 radical (unpaired) electrons. The number of hydrogen-bond donors (Lipinski definition) is 0. The maximum absolute atomic E-state index is 14.0. The summed E-state index contributed by atoms with van der Waals surface area (Å²) in [7, 11) is 2.92. The SMILES string of the molecule is COc1cc(/C=C2/SC(=O)N(Cc3c(F)cccc3Cl)C2=O)cc(Cl)c1OC. The van der Waals surface area contributed by atoms with Crippen LogP contribution < -0.4 is 9.47 Å². The van der Waals surface area contributed by atoms with E-state index in [9.17, 15) is 14.0 Å². The second kappa shape index (κ2) is 8.43. The van der Waals surface area contributed by atoms with E-state index in [1.807, 2.05) is 0 Å². The molecule has 2 amide bonds. The summed E-state index contributed by atoms with van der Waals surface area (Å²) in [5.74, 6) is -0.371. The number of imide groups is 1. The average Bonchev–Trinajstić information content (AvgIpc) is 2.91. The molecule has 3 rings (SSSR count). The fourth-order valence-electron chi connectivity index (χ4n) is 2.65. The Balaban J connectivity index is 1.90. The smallest absolute Gasteiger partial charge is 0.293 e. The first-order valence-electron chi connectivity index (χ1n) is 7.95. The van der Waals surface area contributed by atoms with Crippen LogP contribution in [0.4, 0.5) is 9.18 Å². The number of amides is 2. The number of carbonyl (C=O) groups is 2. The van der Waals surface area contributed by atoms with Crippen molar-refractivity contribution in [1.29, 1.82) is 0 Å². The third kappa shape index (κ3) is 3.97. The highest BCUT2D eigenvalue weighted by Crippen LogP contribution is 2.39. The quantitative estimate of drug-likeness (QED) is 0.582. The Morgan fingerprint density at radius 3 is 2.54 bits per heavy atom. The largest absolute Gasteiger partial charge is 0.493 e. The minimum absolute atomic E-state index is 0.0851. The van der Waals surface area contributed by atoms with E-state index in [0.717, 1.165) is 16.7 Å². The van der Waals surface area contributed by atoms with E-state index in [1.165, 1.54) is 38.5 Å². The van der Waals surface area contributed by atoms with Crippen molar-refractivity contribution in [2.24, 2.45) is 0 Å². The van der Waals surface area contributed by atoms with Crippen LogP contribution in [-0.4, -0.2) is 30.3 Å². The molecule has 28 heavy (non-hydrogen) atoms. The third-order valence-corrected chi connectivity index (χ3v) is 5.55. The number of methoxy groups -OCH3 is 2. The zero-order valence-corrected chi connectivity index (χ0v) is 17.1. The number of nitrogens with zero attached hydrogens (tertiary/aromatic N) is 1. The van der Waals surface area contributed by atoms with Crippen LogP contribution in [-0.2, 0) is 11.3 Å². The standard InChI is InChI=1S/C19H14Cl2FNO4S/c1-26-15-7-10(6-13(21)17(15)27-2)8-16-18(24)23(19(25)28-16)9-11-12(20)4-3-5-14(11)22/h3-8H,9H2,1-2H3/b16-8+. The summed E-state index contributed by atoms with van der Waals surface area (Å²) in [5.41, 5.74) is 0.638. The normalized spacial score (nSPS) is 15.5. The van der Waals surface area contributed by atoms with E-state index in [4.69, 9.17) is 32.7 Å². The molecule has 0 aromatic heterocycles. The van der Waals surface area contributed by atoms with Crippen LogP contribution in [0.15, 0.2) is 35.2 Å². The fraction of sp³-hybridized carbons (Fsp3) is 0.158. The zero-order chi connectivity index (χ0) is 20.4. The molecule has 0 atom stereocenters. The Morgan fingerprint density at radius 2 is 1.89 bits per heavy atom. The van der Waals surface area contributed by atoms with Gasteiger partial charge in [0.25, 0.3) is 11.1 Å². The first kappa shape index (κ1) is 20.5. The van der Waals surface area contributed by atoms with Gasteiger partial charge in [-0.3, -0.25) is 14.5 Å². The van der Waals surface area contributed by atoms with Crippen molar-refractivity contribution in [3.8, 4) is 11.5 Å².